The summed E-state index contributed by atoms with van der Waals surface area (Å²) in [4.78, 5) is 0. The number of phenols is 1. The van der Waals surface area contributed by atoms with Crippen LogP contribution in [0.4, 0.5) is 0 Å². The van der Waals surface area contributed by atoms with Crippen LogP contribution in [0.2, 0.25) is 0 Å². The van der Waals surface area contributed by atoms with Crippen LogP contribution in [0, 0.1) is 5.92 Å². The van der Waals surface area contributed by atoms with Gasteiger partial charge in [-0.3, -0.25) is 0 Å². The number of aromatic hydroxyl groups is 1. The van der Waals surface area contributed by atoms with E-state index in [1.165, 1.54) is 5.56 Å². The van der Waals surface area contributed by atoms with Crippen molar-refractivity contribution in [2.75, 3.05) is 34.4 Å². The Bertz CT molecular complexity index is 761. The van der Waals surface area contributed by atoms with Gasteiger partial charge in [-0.25, -0.2) is 0 Å². The lowest BCUT2D eigenvalue weighted by Gasteiger charge is -2.60. The predicted octanol–water partition coefficient (Wildman–Crippen LogP) is 2.34. The van der Waals surface area contributed by atoms with E-state index in [0.717, 1.165) is 36.0 Å². The summed E-state index contributed by atoms with van der Waals surface area (Å²) in [6.07, 6.45) is 3.97. The smallest absolute Gasteiger partial charge is 0.161 e. The highest BCUT2D eigenvalue weighted by molar-refractivity contribution is 5.57. The Morgan fingerprint density at radius 1 is 1.27 bits per heavy atom. The molecular weight excluding hydrogens is 330 g/mol. The second kappa shape index (κ2) is 5.89. The van der Waals surface area contributed by atoms with Gasteiger partial charge in [-0.2, -0.15) is 0 Å². The minimum absolute atomic E-state index is 0.241. The SMILES string of the molecule is CC[N+]1(C)CC[C@@]23CC(O)C(OC)=C[C@H]2[C@@H]1Cc1ccc(OC)c(O)c13. The van der Waals surface area contributed by atoms with Gasteiger partial charge in [-0.05, 0) is 31.1 Å². The number of methoxy groups -OCH3 is 2. The number of hydrogen-bond donors (Lipinski definition) is 2. The quantitative estimate of drug-likeness (QED) is 0.813. The molecule has 1 heterocycles. The van der Waals surface area contributed by atoms with E-state index in [1.807, 2.05) is 6.07 Å². The van der Waals surface area contributed by atoms with Gasteiger partial charge in [0.15, 0.2) is 11.5 Å². The van der Waals surface area contributed by atoms with Crippen LogP contribution in [0.5, 0.6) is 11.5 Å². The number of phenolic OH excluding ortho intramolecular Hbond substituents is 1. The van der Waals surface area contributed by atoms with E-state index in [9.17, 15) is 10.2 Å². The molecule has 3 aliphatic rings. The Morgan fingerprint density at radius 3 is 2.69 bits per heavy atom. The Balaban J connectivity index is 1.97. The van der Waals surface area contributed by atoms with Gasteiger partial charge in [0, 0.05) is 29.7 Å². The summed E-state index contributed by atoms with van der Waals surface area (Å²) in [6.45, 7) is 4.39. The summed E-state index contributed by atoms with van der Waals surface area (Å²) < 4.78 is 11.9. The van der Waals surface area contributed by atoms with Crippen molar-refractivity contribution in [3.8, 4) is 11.5 Å². The van der Waals surface area contributed by atoms with Crippen molar-refractivity contribution in [3.63, 3.8) is 0 Å². The maximum Gasteiger partial charge on any atom is 0.161 e. The molecule has 1 aliphatic heterocycles. The molecule has 4 rings (SSSR count). The van der Waals surface area contributed by atoms with Crippen molar-refractivity contribution in [1.29, 1.82) is 0 Å². The summed E-state index contributed by atoms with van der Waals surface area (Å²) >= 11 is 0. The van der Waals surface area contributed by atoms with Crippen LogP contribution in [0.1, 0.15) is 30.9 Å². The molecule has 1 aromatic rings. The minimum atomic E-state index is -0.632. The molecule has 5 atom stereocenters. The van der Waals surface area contributed by atoms with Crippen molar-refractivity contribution in [2.45, 2.75) is 43.7 Å². The second-order valence-corrected chi connectivity index (χ2v) is 8.37. The number of fused-ring (bicyclic) bond motifs is 1. The largest absolute Gasteiger partial charge is 0.504 e. The van der Waals surface area contributed by atoms with E-state index in [2.05, 4.69) is 26.1 Å². The van der Waals surface area contributed by atoms with Gasteiger partial charge in [0.2, 0.25) is 0 Å². The fourth-order valence-electron chi connectivity index (χ4n) is 5.85. The third-order valence-electron chi connectivity index (χ3n) is 7.48. The summed E-state index contributed by atoms with van der Waals surface area (Å²) in [5.41, 5.74) is 1.93. The molecule has 1 saturated heterocycles. The molecule has 5 nitrogen and oxygen atoms in total. The highest BCUT2D eigenvalue weighted by atomic mass is 16.5. The fourth-order valence-corrected chi connectivity index (χ4v) is 5.85. The third-order valence-corrected chi connectivity index (χ3v) is 7.48. The minimum Gasteiger partial charge on any atom is -0.504 e. The Hall–Kier alpha value is -1.72. The number of aliphatic hydroxyl groups excluding tert-OH is 1. The first kappa shape index (κ1) is 17.7. The van der Waals surface area contributed by atoms with Gasteiger partial charge < -0.3 is 24.2 Å². The second-order valence-electron chi connectivity index (χ2n) is 8.37. The van der Waals surface area contributed by atoms with E-state index in [4.69, 9.17) is 9.47 Å². The number of quaternary nitrogens is 1. The fraction of sp³-hybridized carbons (Fsp3) is 0.619. The van der Waals surface area contributed by atoms with Crippen LogP contribution in [-0.2, 0) is 16.6 Å². The molecule has 0 saturated carbocycles. The number of piperidine rings is 1. The molecule has 1 fully saturated rings. The van der Waals surface area contributed by atoms with E-state index in [0.29, 0.717) is 24.0 Å². The van der Waals surface area contributed by atoms with E-state index in [-0.39, 0.29) is 17.1 Å². The molecule has 2 N–H and O–H groups in total. The van der Waals surface area contributed by atoms with E-state index < -0.39 is 6.10 Å². The van der Waals surface area contributed by atoms with Crippen LogP contribution < -0.4 is 4.74 Å². The zero-order valence-electron chi connectivity index (χ0n) is 16.2. The zero-order valence-corrected chi connectivity index (χ0v) is 16.2. The van der Waals surface area contributed by atoms with Crippen molar-refractivity contribution < 1.29 is 24.2 Å². The predicted molar refractivity (Wildman–Crippen MR) is 99.2 cm³/mol. The molecule has 26 heavy (non-hydrogen) atoms. The zero-order chi connectivity index (χ0) is 18.7. The van der Waals surface area contributed by atoms with Gasteiger partial charge >= 0.3 is 0 Å². The van der Waals surface area contributed by atoms with Crippen LogP contribution in [0.15, 0.2) is 24.0 Å². The molecular formula is C21H30NO4+. The lowest BCUT2D eigenvalue weighted by atomic mass is 9.52. The molecule has 1 aromatic carbocycles. The van der Waals surface area contributed by atoms with Crippen LogP contribution in [-0.4, -0.2) is 61.2 Å². The normalized spacial score (nSPS) is 38.0. The summed E-state index contributed by atoms with van der Waals surface area (Å²) in [5.74, 6) is 1.68. The molecule has 0 amide bonds. The molecule has 2 unspecified atom stereocenters. The average Bonchev–Trinajstić information content (AvgIpc) is 2.64. The lowest BCUT2D eigenvalue weighted by Crippen LogP contribution is -2.68. The number of benzene rings is 1. The highest BCUT2D eigenvalue weighted by Gasteiger charge is 2.61. The van der Waals surface area contributed by atoms with Gasteiger partial charge in [0.05, 0.1) is 34.4 Å². The molecule has 2 aliphatic carbocycles. The Labute approximate surface area is 155 Å². The number of ether oxygens (including phenoxy) is 2. The van der Waals surface area contributed by atoms with E-state index in [1.54, 1.807) is 14.2 Å². The monoisotopic (exact) mass is 360 g/mol. The van der Waals surface area contributed by atoms with Crippen molar-refractivity contribution in [3.05, 3.63) is 35.1 Å². The van der Waals surface area contributed by atoms with Gasteiger partial charge in [-0.15, -0.1) is 0 Å². The Morgan fingerprint density at radius 2 is 2.04 bits per heavy atom. The number of hydrogen-bond acceptors (Lipinski definition) is 4. The number of aliphatic hydroxyl groups is 1. The van der Waals surface area contributed by atoms with Gasteiger partial charge in [0.1, 0.15) is 17.9 Å². The molecule has 142 valence electrons. The standard InChI is InChI=1S/C21H29NO4/c1-5-22(2)9-8-21-12-16(23)18(26-4)11-14(21)15(22)10-13-6-7-17(25-3)20(24)19(13)21/h6-7,11,14-16,23H,5,8-10,12H2,1-4H3/p+1/t14-,15-,16?,21+,22?/m0/s1. The molecule has 0 aromatic heterocycles. The van der Waals surface area contributed by atoms with Crippen LogP contribution in [0.3, 0.4) is 0 Å². The van der Waals surface area contributed by atoms with Crippen molar-refractivity contribution in [2.24, 2.45) is 5.92 Å². The topological polar surface area (TPSA) is 58.9 Å². The number of likely N-dealkylation sites (tertiary alicyclic amines) is 1. The van der Waals surface area contributed by atoms with Crippen LogP contribution >= 0.6 is 0 Å². The number of likely N-dealkylation sites (N-methyl/N-ethyl adjacent to an activating group) is 1. The number of rotatable bonds is 3. The molecule has 0 spiro atoms. The lowest BCUT2D eigenvalue weighted by molar-refractivity contribution is -0.942. The van der Waals surface area contributed by atoms with E-state index >= 15 is 0 Å². The highest BCUT2D eigenvalue weighted by Crippen LogP contribution is 2.59. The van der Waals surface area contributed by atoms with Crippen molar-refractivity contribution >= 4 is 0 Å². The summed E-state index contributed by atoms with van der Waals surface area (Å²) in [7, 11) is 5.56. The first-order valence-corrected chi connectivity index (χ1v) is 9.57. The van der Waals surface area contributed by atoms with Crippen molar-refractivity contribution in [1.82, 2.24) is 0 Å². The third kappa shape index (κ3) is 2.16. The molecule has 2 bridgehead atoms. The maximum absolute atomic E-state index is 11.0. The van der Waals surface area contributed by atoms with Gasteiger partial charge in [-0.1, -0.05) is 6.07 Å². The molecule has 5 heteroatoms. The summed E-state index contributed by atoms with van der Waals surface area (Å²) in [5, 5.41) is 21.7. The average molecular weight is 360 g/mol. The Kier molecular flexibility index (Phi) is 4.01. The molecule has 0 radical (unpaired) electrons. The van der Waals surface area contributed by atoms with Crippen LogP contribution in [0.25, 0.3) is 0 Å². The maximum atomic E-state index is 11.0. The first-order chi connectivity index (χ1) is 12.4. The summed E-state index contributed by atoms with van der Waals surface area (Å²) in [6, 6.07) is 4.39. The first-order valence-electron chi connectivity index (χ1n) is 9.57. The number of nitrogens with zero attached hydrogens (tertiary/aromatic N) is 1. The van der Waals surface area contributed by atoms with Gasteiger partial charge in [0.25, 0.3) is 0 Å².